The van der Waals surface area contributed by atoms with Crippen molar-refractivity contribution in [3.63, 3.8) is 0 Å². The largest absolute Gasteiger partial charge is 0.477 e. The number of thioether (sulfide) groups is 1. The van der Waals surface area contributed by atoms with Gasteiger partial charge in [-0.1, -0.05) is 30.3 Å². The van der Waals surface area contributed by atoms with Gasteiger partial charge >= 0.3 is 0 Å². The second-order valence-corrected chi connectivity index (χ2v) is 9.66. The fourth-order valence-electron chi connectivity index (χ4n) is 4.25. The molecule has 2 aliphatic heterocycles. The minimum Gasteiger partial charge on any atom is -0.477 e. The lowest BCUT2D eigenvalue weighted by atomic mass is 10.0. The van der Waals surface area contributed by atoms with Gasteiger partial charge in [-0.15, -0.1) is 11.8 Å². The molecule has 0 amide bonds. The molecule has 0 radical (unpaired) electrons. The van der Waals surface area contributed by atoms with Crippen LogP contribution in [0.3, 0.4) is 0 Å². The highest BCUT2D eigenvalue weighted by Crippen LogP contribution is 2.35. The predicted octanol–water partition coefficient (Wildman–Crippen LogP) is 2.16. The summed E-state index contributed by atoms with van der Waals surface area (Å²) in [6.07, 6.45) is 0.685. The fourth-order valence-corrected chi connectivity index (χ4v) is 5.49. The van der Waals surface area contributed by atoms with E-state index in [2.05, 4.69) is 29.2 Å². The first-order valence-electron chi connectivity index (χ1n) is 11.0. The van der Waals surface area contributed by atoms with Crippen LogP contribution in [0.1, 0.15) is 30.4 Å². The molecule has 7 heteroatoms. The van der Waals surface area contributed by atoms with Gasteiger partial charge in [-0.3, -0.25) is 0 Å². The van der Waals surface area contributed by atoms with Crippen LogP contribution in [0.25, 0.3) is 0 Å². The van der Waals surface area contributed by atoms with E-state index in [9.17, 15) is 20.4 Å². The summed E-state index contributed by atoms with van der Waals surface area (Å²) in [5, 5.41) is 39.4. The Kier molecular flexibility index (Phi) is 7.40. The number of aliphatic hydroxyl groups excluding tert-OH is 4. The molecular formula is C24H31NO5S. The van der Waals surface area contributed by atoms with Gasteiger partial charge in [0.15, 0.2) is 5.44 Å². The maximum atomic E-state index is 10.4. The quantitative estimate of drug-likeness (QED) is 0.541. The molecule has 2 aliphatic rings. The third-order valence-electron chi connectivity index (χ3n) is 6.12. The van der Waals surface area contributed by atoms with Crippen LogP contribution in [0.5, 0.6) is 5.75 Å². The Morgan fingerprint density at radius 1 is 0.871 bits per heavy atom. The number of aliphatic hydroxyl groups is 4. The zero-order valence-corrected chi connectivity index (χ0v) is 18.3. The first-order chi connectivity index (χ1) is 15.1. The molecule has 5 atom stereocenters. The standard InChI is InChI=1S/C24H31NO5S/c26-15-20-21(27)22(28)23(29)24(31-20)30-19-7-3-2-6-17(19)14-16-8-10-18(11-9-16)25-12-4-1-5-13-25/h2-3,6-11,20-24,26-29H,1,4-5,12-15H2/t20-,21-,22+,23-,24-/m1/s1. The van der Waals surface area contributed by atoms with Crippen LogP contribution in [0, 0.1) is 0 Å². The van der Waals surface area contributed by atoms with Gasteiger partial charge in [0.2, 0.25) is 0 Å². The summed E-state index contributed by atoms with van der Waals surface area (Å²) in [5.41, 5.74) is 2.62. The van der Waals surface area contributed by atoms with Crippen molar-refractivity contribution in [1.29, 1.82) is 0 Å². The highest BCUT2D eigenvalue weighted by atomic mass is 32.2. The molecule has 2 saturated heterocycles. The highest BCUT2D eigenvalue weighted by molar-refractivity contribution is 8.00. The Labute approximate surface area is 187 Å². The molecule has 0 saturated carbocycles. The maximum absolute atomic E-state index is 10.4. The van der Waals surface area contributed by atoms with Gasteiger partial charge in [0, 0.05) is 25.2 Å². The summed E-state index contributed by atoms with van der Waals surface area (Å²) in [6.45, 7) is 1.93. The van der Waals surface area contributed by atoms with E-state index < -0.39 is 29.0 Å². The van der Waals surface area contributed by atoms with Crippen molar-refractivity contribution in [2.45, 2.75) is 54.7 Å². The molecule has 2 fully saturated rings. The van der Waals surface area contributed by atoms with E-state index >= 15 is 0 Å². The Morgan fingerprint density at radius 3 is 2.29 bits per heavy atom. The summed E-state index contributed by atoms with van der Waals surface area (Å²) in [7, 11) is 0. The van der Waals surface area contributed by atoms with Gasteiger partial charge in [-0.2, -0.15) is 0 Å². The summed E-state index contributed by atoms with van der Waals surface area (Å²) in [4.78, 5) is 2.43. The average Bonchev–Trinajstić information content (AvgIpc) is 2.81. The van der Waals surface area contributed by atoms with Crippen molar-refractivity contribution >= 4 is 17.4 Å². The van der Waals surface area contributed by atoms with Gasteiger partial charge in [0.05, 0.1) is 18.0 Å². The Balaban J connectivity index is 1.46. The highest BCUT2D eigenvalue weighted by Gasteiger charge is 2.44. The molecule has 2 heterocycles. The second kappa shape index (κ2) is 10.2. The van der Waals surface area contributed by atoms with E-state index in [-0.39, 0.29) is 6.61 Å². The lowest BCUT2D eigenvalue weighted by Gasteiger charge is -2.39. The van der Waals surface area contributed by atoms with Gasteiger partial charge in [0.25, 0.3) is 0 Å². The van der Waals surface area contributed by atoms with Crippen molar-refractivity contribution in [3.05, 3.63) is 59.7 Å². The van der Waals surface area contributed by atoms with Gasteiger partial charge in [0.1, 0.15) is 18.0 Å². The molecule has 6 nitrogen and oxygen atoms in total. The van der Waals surface area contributed by atoms with Gasteiger partial charge in [-0.05, 0) is 48.6 Å². The number of benzene rings is 2. The van der Waals surface area contributed by atoms with Crippen molar-refractivity contribution in [2.24, 2.45) is 0 Å². The number of anilines is 1. The van der Waals surface area contributed by atoms with Crippen molar-refractivity contribution in [1.82, 2.24) is 0 Å². The van der Waals surface area contributed by atoms with Crippen LogP contribution in [-0.2, 0) is 6.42 Å². The smallest absolute Gasteiger partial charge is 0.173 e. The normalized spacial score (nSPS) is 29.0. The first-order valence-corrected chi connectivity index (χ1v) is 11.9. The Bertz CT molecular complexity index is 840. The molecule has 0 aromatic heterocycles. The first kappa shape index (κ1) is 22.4. The SMILES string of the molecule is OC[C@H]1S[C@@H](Oc2ccccc2Cc2ccc(N3CCCCC3)cc2)[C@H](O)[C@@H](O)[C@@H]1O. The molecule has 168 valence electrons. The number of para-hydroxylation sites is 1. The third-order valence-corrected chi connectivity index (χ3v) is 7.54. The third kappa shape index (κ3) is 5.18. The molecule has 0 bridgehead atoms. The van der Waals surface area contributed by atoms with Crippen molar-refractivity contribution in [3.8, 4) is 5.75 Å². The van der Waals surface area contributed by atoms with E-state index in [1.165, 1.54) is 24.9 Å². The van der Waals surface area contributed by atoms with Crippen molar-refractivity contribution < 1.29 is 25.2 Å². The van der Waals surface area contributed by atoms with Crippen LogP contribution in [0.4, 0.5) is 5.69 Å². The van der Waals surface area contributed by atoms with Gasteiger partial charge < -0.3 is 30.1 Å². The lowest BCUT2D eigenvalue weighted by Crippen LogP contribution is -2.55. The maximum Gasteiger partial charge on any atom is 0.173 e. The molecule has 0 unspecified atom stereocenters. The number of hydrogen-bond acceptors (Lipinski definition) is 7. The topological polar surface area (TPSA) is 93.4 Å². The monoisotopic (exact) mass is 445 g/mol. The number of nitrogens with zero attached hydrogens (tertiary/aromatic N) is 1. The minimum atomic E-state index is -1.36. The number of rotatable bonds is 6. The Morgan fingerprint density at radius 2 is 1.58 bits per heavy atom. The fraction of sp³-hybridized carbons (Fsp3) is 0.500. The lowest BCUT2D eigenvalue weighted by molar-refractivity contribution is -0.0910. The zero-order valence-electron chi connectivity index (χ0n) is 17.5. The summed E-state index contributed by atoms with van der Waals surface area (Å²) >= 11 is 1.14. The van der Waals surface area contributed by atoms with Crippen LogP contribution < -0.4 is 9.64 Å². The zero-order chi connectivity index (χ0) is 21.8. The van der Waals surface area contributed by atoms with Gasteiger partial charge in [-0.25, -0.2) is 0 Å². The van der Waals surface area contributed by atoms with Crippen LogP contribution in [-0.4, -0.2) is 69.1 Å². The molecule has 0 aliphatic carbocycles. The number of hydrogen-bond donors (Lipinski definition) is 4. The minimum absolute atomic E-state index is 0.305. The number of ether oxygens (including phenoxy) is 1. The van der Waals surface area contributed by atoms with E-state index in [1.54, 1.807) is 0 Å². The molecule has 4 rings (SSSR count). The van der Waals surface area contributed by atoms with Crippen LogP contribution >= 0.6 is 11.8 Å². The average molecular weight is 446 g/mol. The summed E-state index contributed by atoms with van der Waals surface area (Å²) in [5.74, 6) is 0.624. The summed E-state index contributed by atoms with van der Waals surface area (Å²) < 4.78 is 6.06. The van der Waals surface area contributed by atoms with E-state index in [4.69, 9.17) is 4.74 Å². The Hall–Kier alpha value is -1.77. The molecular weight excluding hydrogens is 414 g/mol. The number of piperidine rings is 1. The van der Waals surface area contributed by atoms with Crippen LogP contribution in [0.15, 0.2) is 48.5 Å². The second-order valence-electron chi connectivity index (χ2n) is 8.31. The molecule has 31 heavy (non-hydrogen) atoms. The molecule has 4 N–H and O–H groups in total. The summed E-state index contributed by atoms with van der Waals surface area (Å²) in [6, 6.07) is 16.3. The predicted molar refractivity (Wildman–Crippen MR) is 123 cm³/mol. The molecule has 2 aromatic carbocycles. The van der Waals surface area contributed by atoms with E-state index in [0.717, 1.165) is 36.0 Å². The van der Waals surface area contributed by atoms with E-state index in [0.29, 0.717) is 12.2 Å². The van der Waals surface area contributed by atoms with Crippen LogP contribution in [0.2, 0.25) is 0 Å². The van der Waals surface area contributed by atoms with E-state index in [1.807, 2.05) is 24.3 Å². The molecule has 2 aromatic rings. The van der Waals surface area contributed by atoms with Crippen molar-refractivity contribution in [2.75, 3.05) is 24.6 Å². The molecule has 0 spiro atoms.